The molecule has 1 saturated heterocycles. The number of aromatic nitrogens is 2. The van der Waals surface area contributed by atoms with Gasteiger partial charge in [0.15, 0.2) is 0 Å². The molecule has 0 spiro atoms. The van der Waals surface area contributed by atoms with Crippen LogP contribution in [0.25, 0.3) is 0 Å². The van der Waals surface area contributed by atoms with Crippen LogP contribution in [0.1, 0.15) is 12.7 Å². The zero-order valence-electron chi connectivity index (χ0n) is 10.1. The largest absolute Gasteiger partial charge is 0.389 e. The first-order valence-electron chi connectivity index (χ1n) is 5.80. The van der Waals surface area contributed by atoms with Crippen molar-refractivity contribution in [2.75, 3.05) is 29.9 Å². The van der Waals surface area contributed by atoms with E-state index in [0.29, 0.717) is 18.9 Å². The Balaban J connectivity index is 2.20. The molecule has 0 bridgehead atoms. The van der Waals surface area contributed by atoms with E-state index in [1.807, 2.05) is 24.8 Å². The van der Waals surface area contributed by atoms with E-state index >= 15 is 0 Å². The van der Waals surface area contributed by atoms with Crippen molar-refractivity contribution < 1.29 is 10.2 Å². The summed E-state index contributed by atoms with van der Waals surface area (Å²) < 4.78 is 0. The van der Waals surface area contributed by atoms with Crippen molar-refractivity contribution in [1.29, 1.82) is 0 Å². The number of nitrogens with one attached hydrogen (secondary N) is 1. The van der Waals surface area contributed by atoms with Crippen LogP contribution >= 0.6 is 0 Å². The predicted octanol–water partition coefficient (Wildman–Crippen LogP) is -0.241. The van der Waals surface area contributed by atoms with E-state index in [-0.39, 0.29) is 0 Å². The molecule has 2 rings (SSSR count). The molecular weight excluding hydrogens is 220 g/mol. The molecule has 2 heterocycles. The van der Waals surface area contributed by atoms with Crippen LogP contribution < -0.4 is 10.2 Å². The zero-order valence-corrected chi connectivity index (χ0v) is 10.1. The van der Waals surface area contributed by atoms with Crippen molar-refractivity contribution in [1.82, 2.24) is 9.97 Å². The average molecular weight is 238 g/mol. The highest BCUT2D eigenvalue weighted by molar-refractivity contribution is 5.50. The molecule has 2 unspecified atom stereocenters. The van der Waals surface area contributed by atoms with E-state index in [0.717, 1.165) is 18.2 Å². The molecule has 0 aliphatic carbocycles. The summed E-state index contributed by atoms with van der Waals surface area (Å²) >= 11 is 0. The lowest BCUT2D eigenvalue weighted by Crippen LogP contribution is -2.23. The Morgan fingerprint density at radius 1 is 1.35 bits per heavy atom. The summed E-state index contributed by atoms with van der Waals surface area (Å²) in [5.74, 6) is 2.18. The van der Waals surface area contributed by atoms with E-state index in [1.165, 1.54) is 0 Å². The molecule has 1 fully saturated rings. The van der Waals surface area contributed by atoms with Gasteiger partial charge in [0.25, 0.3) is 0 Å². The summed E-state index contributed by atoms with van der Waals surface area (Å²) in [5, 5.41) is 22.2. The summed E-state index contributed by atoms with van der Waals surface area (Å²) in [5.41, 5.74) is 0. The first kappa shape index (κ1) is 12.1. The number of rotatable bonds is 3. The second-order valence-electron chi connectivity index (χ2n) is 4.23. The minimum Gasteiger partial charge on any atom is -0.389 e. The molecule has 6 nitrogen and oxygen atoms in total. The Morgan fingerprint density at radius 3 is 2.59 bits per heavy atom. The molecule has 94 valence electrons. The fraction of sp³-hybridized carbons (Fsp3) is 0.636. The maximum absolute atomic E-state index is 9.52. The molecule has 6 heteroatoms. The van der Waals surface area contributed by atoms with Crippen LogP contribution in [0.3, 0.4) is 0 Å². The Kier molecular flexibility index (Phi) is 3.44. The number of hydrogen-bond donors (Lipinski definition) is 3. The molecule has 1 aromatic heterocycles. The molecule has 1 aliphatic rings. The van der Waals surface area contributed by atoms with Gasteiger partial charge in [0, 0.05) is 25.7 Å². The summed E-state index contributed by atoms with van der Waals surface area (Å²) in [4.78, 5) is 10.4. The maximum atomic E-state index is 9.52. The van der Waals surface area contributed by atoms with Crippen LogP contribution in [0.2, 0.25) is 0 Å². The van der Waals surface area contributed by atoms with E-state index in [2.05, 4.69) is 15.3 Å². The third kappa shape index (κ3) is 2.65. The second-order valence-corrected chi connectivity index (χ2v) is 4.23. The Bertz CT molecular complexity index is 389. The Hall–Kier alpha value is -1.40. The SMILES string of the molecule is CCNc1cc(N2CC(O)C(O)C2)nc(C)n1. The predicted molar refractivity (Wildman–Crippen MR) is 65.2 cm³/mol. The summed E-state index contributed by atoms with van der Waals surface area (Å²) in [6.45, 7) is 5.43. The molecule has 1 aliphatic heterocycles. The first-order valence-corrected chi connectivity index (χ1v) is 5.80. The number of β-amino-alcohol motifs (C(OH)–C–C–N with tert-alkyl or cyclic N) is 2. The van der Waals surface area contributed by atoms with Gasteiger partial charge in [0.2, 0.25) is 0 Å². The number of anilines is 2. The van der Waals surface area contributed by atoms with Gasteiger partial charge in [-0.05, 0) is 13.8 Å². The Morgan fingerprint density at radius 2 is 2.00 bits per heavy atom. The third-order valence-electron chi connectivity index (χ3n) is 2.77. The molecule has 1 aromatic rings. The van der Waals surface area contributed by atoms with Crippen molar-refractivity contribution >= 4 is 11.6 Å². The molecule has 3 N–H and O–H groups in total. The minimum absolute atomic E-state index is 0.406. The van der Waals surface area contributed by atoms with Crippen LogP contribution in [0.4, 0.5) is 11.6 Å². The van der Waals surface area contributed by atoms with Crippen LogP contribution in [0.15, 0.2) is 6.07 Å². The van der Waals surface area contributed by atoms with Gasteiger partial charge < -0.3 is 20.4 Å². The molecule has 2 atom stereocenters. The molecular formula is C11H18N4O2. The standard InChI is InChI=1S/C11H18N4O2/c1-3-12-10-4-11(14-7(2)13-10)15-5-8(16)9(17)6-15/h4,8-9,16-17H,3,5-6H2,1-2H3,(H,12,13,14). The summed E-state index contributed by atoms with van der Waals surface area (Å²) in [6, 6.07) is 1.83. The van der Waals surface area contributed by atoms with E-state index in [4.69, 9.17) is 0 Å². The van der Waals surface area contributed by atoms with Crippen molar-refractivity contribution in [3.05, 3.63) is 11.9 Å². The van der Waals surface area contributed by atoms with Gasteiger partial charge in [0.1, 0.15) is 17.5 Å². The first-order chi connectivity index (χ1) is 8.10. The van der Waals surface area contributed by atoms with Gasteiger partial charge in [0.05, 0.1) is 12.2 Å². The molecule has 0 aromatic carbocycles. The monoisotopic (exact) mass is 238 g/mol. The maximum Gasteiger partial charge on any atom is 0.134 e. The number of hydrogen-bond acceptors (Lipinski definition) is 6. The van der Waals surface area contributed by atoms with Gasteiger partial charge in [-0.2, -0.15) is 0 Å². The van der Waals surface area contributed by atoms with Gasteiger partial charge in [-0.1, -0.05) is 0 Å². The number of aliphatic hydroxyl groups is 2. The third-order valence-corrected chi connectivity index (χ3v) is 2.77. The highest BCUT2D eigenvalue weighted by atomic mass is 16.3. The van der Waals surface area contributed by atoms with Gasteiger partial charge in [-0.15, -0.1) is 0 Å². The summed E-state index contributed by atoms with van der Waals surface area (Å²) in [6.07, 6.45) is -1.40. The molecule has 0 saturated carbocycles. The number of aryl methyl sites for hydroxylation is 1. The quantitative estimate of drug-likeness (QED) is 0.674. The van der Waals surface area contributed by atoms with E-state index < -0.39 is 12.2 Å². The highest BCUT2D eigenvalue weighted by Gasteiger charge is 2.30. The second kappa shape index (κ2) is 4.85. The fourth-order valence-corrected chi connectivity index (χ4v) is 1.94. The smallest absolute Gasteiger partial charge is 0.134 e. The van der Waals surface area contributed by atoms with Crippen LogP contribution in [0.5, 0.6) is 0 Å². The lowest BCUT2D eigenvalue weighted by molar-refractivity contribution is 0.0572. The number of nitrogens with zero attached hydrogens (tertiary/aromatic N) is 3. The van der Waals surface area contributed by atoms with E-state index in [1.54, 1.807) is 0 Å². The molecule has 17 heavy (non-hydrogen) atoms. The van der Waals surface area contributed by atoms with Gasteiger partial charge in [-0.3, -0.25) is 0 Å². The lowest BCUT2D eigenvalue weighted by Gasteiger charge is -2.17. The van der Waals surface area contributed by atoms with Crippen molar-refractivity contribution in [2.24, 2.45) is 0 Å². The highest BCUT2D eigenvalue weighted by Crippen LogP contribution is 2.21. The van der Waals surface area contributed by atoms with Crippen LogP contribution in [-0.2, 0) is 0 Å². The van der Waals surface area contributed by atoms with Crippen LogP contribution in [-0.4, -0.2) is 52.0 Å². The minimum atomic E-state index is -0.701. The summed E-state index contributed by atoms with van der Waals surface area (Å²) in [7, 11) is 0. The van der Waals surface area contributed by atoms with Crippen molar-refractivity contribution in [3.63, 3.8) is 0 Å². The van der Waals surface area contributed by atoms with Crippen molar-refractivity contribution in [3.8, 4) is 0 Å². The lowest BCUT2D eigenvalue weighted by atomic mass is 10.3. The van der Waals surface area contributed by atoms with Crippen LogP contribution in [0, 0.1) is 6.92 Å². The molecule has 0 radical (unpaired) electrons. The van der Waals surface area contributed by atoms with Gasteiger partial charge >= 0.3 is 0 Å². The Labute approximate surface area is 100 Å². The van der Waals surface area contributed by atoms with Gasteiger partial charge in [-0.25, -0.2) is 9.97 Å². The molecule has 0 amide bonds. The zero-order chi connectivity index (χ0) is 12.4. The normalized spacial score (nSPS) is 24.1. The fourth-order valence-electron chi connectivity index (χ4n) is 1.94. The van der Waals surface area contributed by atoms with Crippen molar-refractivity contribution in [2.45, 2.75) is 26.1 Å². The average Bonchev–Trinajstić information content (AvgIpc) is 2.59. The topological polar surface area (TPSA) is 81.5 Å². The van der Waals surface area contributed by atoms with E-state index in [9.17, 15) is 10.2 Å². The number of aliphatic hydroxyl groups excluding tert-OH is 2.